The van der Waals surface area contributed by atoms with Crippen molar-refractivity contribution < 1.29 is 17.5 Å². The van der Waals surface area contributed by atoms with Gasteiger partial charge in [0, 0.05) is 49.0 Å². The summed E-state index contributed by atoms with van der Waals surface area (Å²) in [5, 5.41) is 0.623. The van der Waals surface area contributed by atoms with E-state index in [1.54, 1.807) is 59.6 Å². The highest BCUT2D eigenvalue weighted by Gasteiger charge is 2.24. The summed E-state index contributed by atoms with van der Waals surface area (Å²) in [6, 6.07) is 20.1. The Bertz CT molecular complexity index is 1950. The molecule has 0 radical (unpaired) electrons. The predicted octanol–water partition coefficient (Wildman–Crippen LogP) is 4.37. The minimum absolute atomic E-state index is 0.203. The lowest BCUT2D eigenvalue weighted by Crippen LogP contribution is -2.36. The number of morpholine rings is 1. The molecule has 0 spiro atoms. The molecule has 1 saturated heterocycles. The van der Waals surface area contributed by atoms with E-state index in [1.165, 1.54) is 22.2 Å². The summed E-state index contributed by atoms with van der Waals surface area (Å²) in [5.74, 6) is -0.574. The third-order valence-corrected chi connectivity index (χ3v) is 9.41. The van der Waals surface area contributed by atoms with E-state index in [4.69, 9.17) is 4.74 Å². The Morgan fingerprint density at radius 2 is 1.77 bits per heavy atom. The van der Waals surface area contributed by atoms with Gasteiger partial charge < -0.3 is 19.1 Å². The molecule has 1 atom stereocenters. The molecule has 1 fully saturated rings. The molecule has 1 unspecified atom stereocenters. The molecule has 1 aliphatic heterocycles. The first-order valence-corrected chi connectivity index (χ1v) is 16.0. The molecule has 2 aromatic carbocycles. The van der Waals surface area contributed by atoms with Gasteiger partial charge in [-0.1, -0.05) is 42.5 Å². The maximum atomic E-state index is 14.1. The third-order valence-electron chi connectivity index (χ3n) is 7.83. The van der Waals surface area contributed by atoms with Gasteiger partial charge in [0.05, 0.1) is 36.9 Å². The number of fused-ring (bicyclic) bond motifs is 1. The van der Waals surface area contributed by atoms with Crippen LogP contribution in [0.1, 0.15) is 17.2 Å². The van der Waals surface area contributed by atoms with Crippen molar-refractivity contribution in [1.82, 2.24) is 18.4 Å². The van der Waals surface area contributed by atoms with Crippen molar-refractivity contribution in [2.24, 2.45) is 0 Å². The maximum Gasteiger partial charge on any atom is 0.251 e. The third kappa shape index (κ3) is 6.17. The Morgan fingerprint density at radius 1 is 1.00 bits per heavy atom. The van der Waals surface area contributed by atoms with Crippen molar-refractivity contribution in [1.29, 1.82) is 0 Å². The molecule has 44 heavy (non-hydrogen) atoms. The van der Waals surface area contributed by atoms with Crippen molar-refractivity contribution in [3.63, 3.8) is 0 Å². The van der Waals surface area contributed by atoms with Crippen LogP contribution in [0, 0.1) is 5.82 Å². The zero-order chi connectivity index (χ0) is 30.8. The predicted molar refractivity (Wildman–Crippen MR) is 170 cm³/mol. The zero-order valence-electron chi connectivity index (χ0n) is 24.6. The van der Waals surface area contributed by atoms with E-state index in [9.17, 15) is 17.6 Å². The van der Waals surface area contributed by atoms with Crippen LogP contribution in [0.15, 0.2) is 96.2 Å². The molecule has 0 bridgehead atoms. The maximum absolute atomic E-state index is 14.1. The molecule has 11 heteroatoms. The highest BCUT2D eigenvalue weighted by Crippen LogP contribution is 2.34. The van der Waals surface area contributed by atoms with E-state index in [2.05, 4.69) is 9.88 Å². The van der Waals surface area contributed by atoms with Crippen LogP contribution in [0.25, 0.3) is 22.2 Å². The SMILES string of the molecule is CN(C)CC(c1cccc(F)c1)n1ccc(-c2cn(S(=O)(=O)Cc3ccccc3)c3ncc(N4CCOCC4)cc23)cc1=O. The molecule has 0 saturated carbocycles. The van der Waals surface area contributed by atoms with Gasteiger partial charge in [-0.3, -0.25) is 4.79 Å². The largest absolute Gasteiger partial charge is 0.378 e. The summed E-state index contributed by atoms with van der Waals surface area (Å²) in [4.78, 5) is 22.4. The number of pyridine rings is 2. The number of anilines is 1. The zero-order valence-corrected chi connectivity index (χ0v) is 25.5. The van der Waals surface area contributed by atoms with E-state index in [1.807, 2.05) is 37.2 Å². The molecule has 4 heterocycles. The Morgan fingerprint density at radius 3 is 2.48 bits per heavy atom. The van der Waals surface area contributed by atoms with Crippen LogP contribution in [0.5, 0.6) is 0 Å². The fourth-order valence-corrected chi connectivity index (χ4v) is 7.12. The molecule has 5 aromatic rings. The number of halogens is 1. The lowest BCUT2D eigenvalue weighted by atomic mass is 10.0. The Kier molecular flexibility index (Phi) is 8.35. The second-order valence-electron chi connectivity index (χ2n) is 11.2. The lowest BCUT2D eigenvalue weighted by molar-refractivity contribution is 0.122. The monoisotopic (exact) mass is 615 g/mol. The molecule has 3 aromatic heterocycles. The van der Waals surface area contributed by atoms with Crippen molar-refractivity contribution in [2.75, 3.05) is 51.8 Å². The highest BCUT2D eigenvalue weighted by molar-refractivity contribution is 7.89. The average molecular weight is 616 g/mol. The number of nitrogens with zero attached hydrogens (tertiary/aromatic N) is 5. The van der Waals surface area contributed by atoms with Crippen LogP contribution in [-0.4, -0.2) is 73.8 Å². The van der Waals surface area contributed by atoms with E-state index < -0.39 is 16.1 Å². The Hall–Kier alpha value is -4.32. The average Bonchev–Trinajstić information content (AvgIpc) is 3.41. The summed E-state index contributed by atoms with van der Waals surface area (Å²) in [6.07, 6.45) is 4.94. The van der Waals surface area contributed by atoms with E-state index in [0.29, 0.717) is 66.1 Å². The van der Waals surface area contributed by atoms with E-state index in [-0.39, 0.29) is 17.1 Å². The molecule has 1 aliphatic rings. The van der Waals surface area contributed by atoms with Gasteiger partial charge in [-0.25, -0.2) is 21.8 Å². The minimum atomic E-state index is -3.85. The summed E-state index contributed by atoms with van der Waals surface area (Å²) >= 11 is 0. The normalized spacial score (nSPS) is 14.8. The van der Waals surface area contributed by atoms with Crippen molar-refractivity contribution in [3.8, 4) is 11.1 Å². The second kappa shape index (κ2) is 12.4. The number of likely N-dealkylation sites (N-methyl/N-ethyl adjacent to an activating group) is 1. The smallest absolute Gasteiger partial charge is 0.251 e. The van der Waals surface area contributed by atoms with Crippen LogP contribution in [0.2, 0.25) is 0 Å². The van der Waals surface area contributed by atoms with E-state index >= 15 is 0 Å². The van der Waals surface area contributed by atoms with Gasteiger partial charge in [0.2, 0.25) is 10.0 Å². The molecular weight excluding hydrogens is 581 g/mol. The van der Waals surface area contributed by atoms with Gasteiger partial charge in [-0.15, -0.1) is 0 Å². The number of ether oxygens (including phenoxy) is 1. The highest BCUT2D eigenvalue weighted by atomic mass is 32.2. The first-order valence-electron chi connectivity index (χ1n) is 14.4. The lowest BCUT2D eigenvalue weighted by Gasteiger charge is -2.28. The number of hydrogen-bond acceptors (Lipinski definition) is 7. The first-order chi connectivity index (χ1) is 21.2. The molecular formula is C33H34FN5O4S. The molecule has 6 rings (SSSR count). The Balaban J connectivity index is 1.47. The minimum Gasteiger partial charge on any atom is -0.378 e. The summed E-state index contributed by atoms with van der Waals surface area (Å²) in [5.41, 5.74) is 3.34. The number of rotatable bonds is 9. The van der Waals surface area contributed by atoms with Crippen molar-refractivity contribution in [3.05, 3.63) is 119 Å². The van der Waals surface area contributed by atoms with Crippen molar-refractivity contribution in [2.45, 2.75) is 11.8 Å². The molecule has 0 N–H and O–H groups in total. The van der Waals surface area contributed by atoms with Gasteiger partial charge in [-0.2, -0.15) is 0 Å². The van der Waals surface area contributed by atoms with Crippen LogP contribution >= 0.6 is 0 Å². The standard InChI is InChI=1S/C33H34FN5O4S/c1-36(2)22-31(26-9-6-10-27(34)17-26)38-12-11-25(18-32(38)40)30-21-39(44(41,42)23-24-7-4-3-5-8-24)33-29(30)19-28(20-35-33)37-13-15-43-16-14-37/h3-12,17-21,31H,13-16,22-23H2,1-2H3. The van der Waals surface area contributed by atoms with Gasteiger partial charge >= 0.3 is 0 Å². The fourth-order valence-electron chi connectivity index (χ4n) is 5.69. The van der Waals surface area contributed by atoms with Crippen LogP contribution in [0.3, 0.4) is 0 Å². The topological polar surface area (TPSA) is 89.7 Å². The molecule has 0 aliphatic carbocycles. The fraction of sp³-hybridized carbons (Fsp3) is 0.273. The number of aromatic nitrogens is 3. The van der Waals surface area contributed by atoms with Crippen LogP contribution in [-0.2, 0) is 20.5 Å². The summed E-state index contributed by atoms with van der Waals surface area (Å²) in [7, 11) is -0.0573. The number of benzene rings is 2. The van der Waals surface area contributed by atoms with Gasteiger partial charge in [0.25, 0.3) is 5.56 Å². The van der Waals surface area contributed by atoms with Crippen molar-refractivity contribution >= 4 is 26.7 Å². The summed E-state index contributed by atoms with van der Waals surface area (Å²) in [6.45, 7) is 3.05. The second-order valence-corrected chi connectivity index (χ2v) is 13.1. The summed E-state index contributed by atoms with van der Waals surface area (Å²) < 4.78 is 49.9. The van der Waals surface area contributed by atoms with Gasteiger partial charge in [0.15, 0.2) is 5.65 Å². The molecule has 0 amide bonds. The Labute approximate surface area is 255 Å². The number of hydrogen-bond donors (Lipinski definition) is 0. The quantitative estimate of drug-likeness (QED) is 0.243. The van der Waals surface area contributed by atoms with Crippen LogP contribution < -0.4 is 10.5 Å². The van der Waals surface area contributed by atoms with E-state index in [0.717, 1.165) is 5.69 Å². The first kappa shape index (κ1) is 29.7. The molecule has 228 valence electrons. The van der Waals surface area contributed by atoms with Gasteiger partial charge in [-0.05, 0) is 55.1 Å². The van der Waals surface area contributed by atoms with Gasteiger partial charge in [0.1, 0.15) is 5.82 Å². The molecule has 9 nitrogen and oxygen atoms in total. The van der Waals surface area contributed by atoms with Crippen LogP contribution in [0.4, 0.5) is 10.1 Å².